The second kappa shape index (κ2) is 6.49. The molecule has 0 saturated carbocycles. The van der Waals surface area contributed by atoms with Gasteiger partial charge in [0, 0.05) is 25.5 Å². The molecule has 1 aromatic carbocycles. The number of aromatic nitrogens is 1. The molecule has 4 rings (SSSR count). The summed E-state index contributed by atoms with van der Waals surface area (Å²) in [5.74, 6) is 0.122. The Hall–Kier alpha value is -2.59. The van der Waals surface area contributed by atoms with Crippen LogP contribution in [0, 0.1) is 0 Å². The van der Waals surface area contributed by atoms with Gasteiger partial charge in [0.05, 0.1) is 5.69 Å². The maximum atomic E-state index is 12.9. The van der Waals surface area contributed by atoms with Crippen LogP contribution in [0.1, 0.15) is 21.7 Å². The van der Waals surface area contributed by atoms with Crippen molar-refractivity contribution in [2.75, 3.05) is 13.1 Å². The highest BCUT2D eigenvalue weighted by Crippen LogP contribution is 2.27. The van der Waals surface area contributed by atoms with E-state index in [0.717, 1.165) is 23.5 Å². The molecule has 0 fully saturated rings. The zero-order chi connectivity index (χ0) is 16.4. The molecule has 24 heavy (non-hydrogen) atoms. The largest absolute Gasteiger partial charge is 0.334 e. The number of amides is 1. The standard InChI is InChI=1S/C20H18N2OS/c23-20(19-18(10-15-24-19)21-11-4-5-12-21)22-13-8-17(9-14-22)16-6-2-1-3-7-16/h1-8,10-12,15H,9,13-14H2. The van der Waals surface area contributed by atoms with Crippen molar-refractivity contribution in [1.82, 2.24) is 9.47 Å². The van der Waals surface area contributed by atoms with Crippen LogP contribution < -0.4 is 0 Å². The second-order valence-electron chi connectivity index (χ2n) is 5.82. The second-order valence-corrected chi connectivity index (χ2v) is 6.74. The molecule has 4 heteroatoms. The fourth-order valence-electron chi connectivity index (χ4n) is 3.07. The molecule has 1 amide bonds. The van der Waals surface area contributed by atoms with Crippen LogP contribution in [0.5, 0.6) is 0 Å². The summed E-state index contributed by atoms with van der Waals surface area (Å²) in [5, 5.41) is 1.98. The minimum Gasteiger partial charge on any atom is -0.334 e. The van der Waals surface area contributed by atoms with Crippen molar-refractivity contribution in [3.05, 3.63) is 82.8 Å². The number of benzene rings is 1. The summed E-state index contributed by atoms with van der Waals surface area (Å²) < 4.78 is 2.00. The minimum atomic E-state index is 0.122. The molecule has 0 aliphatic carbocycles. The van der Waals surface area contributed by atoms with Gasteiger partial charge in [0.25, 0.3) is 5.91 Å². The lowest BCUT2D eigenvalue weighted by Gasteiger charge is -2.26. The van der Waals surface area contributed by atoms with Crippen LogP contribution in [-0.4, -0.2) is 28.5 Å². The fraction of sp³-hybridized carbons (Fsp3) is 0.150. The molecule has 0 bridgehead atoms. The van der Waals surface area contributed by atoms with E-state index in [0.29, 0.717) is 6.54 Å². The van der Waals surface area contributed by atoms with Gasteiger partial charge in [-0.3, -0.25) is 4.79 Å². The van der Waals surface area contributed by atoms with Crippen LogP contribution >= 0.6 is 11.3 Å². The van der Waals surface area contributed by atoms with E-state index in [1.807, 2.05) is 51.5 Å². The SMILES string of the molecule is O=C(c1sccc1-n1cccc1)N1CC=C(c2ccccc2)CC1. The molecule has 2 aromatic heterocycles. The van der Waals surface area contributed by atoms with Crippen LogP contribution in [0.15, 0.2) is 72.4 Å². The molecule has 0 radical (unpaired) electrons. The third-order valence-corrected chi connectivity index (χ3v) is 5.25. The molecular formula is C20H18N2OS. The van der Waals surface area contributed by atoms with Gasteiger partial charge < -0.3 is 9.47 Å². The maximum Gasteiger partial charge on any atom is 0.266 e. The molecule has 3 nitrogen and oxygen atoms in total. The molecule has 1 aliphatic heterocycles. The number of thiophene rings is 1. The number of hydrogen-bond donors (Lipinski definition) is 0. The zero-order valence-electron chi connectivity index (χ0n) is 13.3. The van der Waals surface area contributed by atoms with Gasteiger partial charge in [0.1, 0.15) is 4.88 Å². The van der Waals surface area contributed by atoms with Crippen LogP contribution in [0.2, 0.25) is 0 Å². The predicted molar refractivity (Wildman–Crippen MR) is 98.6 cm³/mol. The van der Waals surface area contributed by atoms with E-state index < -0.39 is 0 Å². The van der Waals surface area contributed by atoms with Crippen molar-refractivity contribution < 1.29 is 4.79 Å². The van der Waals surface area contributed by atoms with Crippen LogP contribution in [-0.2, 0) is 0 Å². The maximum absolute atomic E-state index is 12.9. The van der Waals surface area contributed by atoms with Crippen molar-refractivity contribution in [3.8, 4) is 5.69 Å². The topological polar surface area (TPSA) is 25.2 Å². The van der Waals surface area contributed by atoms with Crippen LogP contribution in [0.4, 0.5) is 0 Å². The third kappa shape index (κ3) is 2.81. The van der Waals surface area contributed by atoms with E-state index in [2.05, 4.69) is 30.3 Å². The van der Waals surface area contributed by atoms with Gasteiger partial charge >= 0.3 is 0 Å². The Labute approximate surface area is 145 Å². The Kier molecular flexibility index (Phi) is 4.05. The molecular weight excluding hydrogens is 316 g/mol. The highest BCUT2D eigenvalue weighted by Gasteiger charge is 2.23. The molecule has 120 valence electrons. The molecule has 0 saturated heterocycles. The number of rotatable bonds is 3. The quantitative estimate of drug-likeness (QED) is 0.694. The van der Waals surface area contributed by atoms with E-state index in [1.165, 1.54) is 22.5 Å². The van der Waals surface area contributed by atoms with E-state index in [1.54, 1.807) is 0 Å². The van der Waals surface area contributed by atoms with Gasteiger partial charge in [-0.05, 0) is 41.1 Å². The summed E-state index contributed by atoms with van der Waals surface area (Å²) in [6.45, 7) is 1.44. The Balaban J connectivity index is 1.53. The van der Waals surface area contributed by atoms with Crippen LogP contribution in [0.3, 0.4) is 0 Å². The molecule has 0 N–H and O–H groups in total. The Morgan fingerprint density at radius 2 is 1.79 bits per heavy atom. The Morgan fingerprint density at radius 3 is 2.50 bits per heavy atom. The third-order valence-electron chi connectivity index (χ3n) is 4.36. The lowest BCUT2D eigenvalue weighted by Crippen LogP contribution is -2.34. The molecule has 3 heterocycles. The van der Waals surface area contributed by atoms with Gasteiger partial charge in [-0.1, -0.05) is 36.4 Å². The number of nitrogens with zero attached hydrogens (tertiary/aromatic N) is 2. The van der Waals surface area contributed by atoms with Crippen molar-refractivity contribution in [2.24, 2.45) is 0 Å². The highest BCUT2D eigenvalue weighted by atomic mass is 32.1. The molecule has 0 spiro atoms. The van der Waals surface area contributed by atoms with Crippen LogP contribution in [0.25, 0.3) is 11.3 Å². The first-order valence-corrected chi connectivity index (χ1v) is 8.95. The van der Waals surface area contributed by atoms with Gasteiger partial charge in [-0.2, -0.15) is 0 Å². The van der Waals surface area contributed by atoms with Crippen molar-refractivity contribution in [3.63, 3.8) is 0 Å². The van der Waals surface area contributed by atoms with Gasteiger partial charge in [-0.15, -0.1) is 11.3 Å². The van der Waals surface area contributed by atoms with Crippen molar-refractivity contribution in [2.45, 2.75) is 6.42 Å². The lowest BCUT2D eigenvalue weighted by molar-refractivity contribution is 0.0777. The summed E-state index contributed by atoms with van der Waals surface area (Å²) in [5.41, 5.74) is 3.55. The average molecular weight is 334 g/mol. The van der Waals surface area contributed by atoms with Gasteiger partial charge in [-0.25, -0.2) is 0 Å². The summed E-state index contributed by atoms with van der Waals surface area (Å²) in [6.07, 6.45) is 7.03. The average Bonchev–Trinajstić information content (AvgIpc) is 3.33. The van der Waals surface area contributed by atoms with E-state index in [9.17, 15) is 4.79 Å². The predicted octanol–water partition coefficient (Wildman–Crippen LogP) is 4.47. The van der Waals surface area contributed by atoms with E-state index >= 15 is 0 Å². The van der Waals surface area contributed by atoms with Gasteiger partial charge in [0.15, 0.2) is 0 Å². The van der Waals surface area contributed by atoms with E-state index in [-0.39, 0.29) is 5.91 Å². The molecule has 1 aliphatic rings. The Morgan fingerprint density at radius 1 is 1.00 bits per heavy atom. The minimum absolute atomic E-state index is 0.122. The molecule has 0 unspecified atom stereocenters. The summed E-state index contributed by atoms with van der Waals surface area (Å²) in [7, 11) is 0. The number of carbonyl (C=O) groups excluding carboxylic acids is 1. The summed E-state index contributed by atoms with van der Waals surface area (Å²) in [6, 6.07) is 16.4. The zero-order valence-corrected chi connectivity index (χ0v) is 14.1. The van der Waals surface area contributed by atoms with Crippen molar-refractivity contribution >= 4 is 22.8 Å². The molecule has 0 atom stereocenters. The monoisotopic (exact) mass is 334 g/mol. The number of hydrogen-bond acceptors (Lipinski definition) is 2. The normalized spacial score (nSPS) is 14.5. The fourth-order valence-corrected chi connectivity index (χ4v) is 3.93. The first kappa shape index (κ1) is 15.0. The molecule has 3 aromatic rings. The first-order chi connectivity index (χ1) is 11.8. The summed E-state index contributed by atoms with van der Waals surface area (Å²) >= 11 is 1.51. The highest BCUT2D eigenvalue weighted by molar-refractivity contribution is 7.12. The van der Waals surface area contributed by atoms with E-state index in [4.69, 9.17) is 0 Å². The lowest BCUT2D eigenvalue weighted by atomic mass is 9.99. The Bertz CT molecular complexity index is 862. The first-order valence-electron chi connectivity index (χ1n) is 8.07. The smallest absolute Gasteiger partial charge is 0.266 e. The number of carbonyl (C=O) groups is 1. The summed E-state index contributed by atoms with van der Waals surface area (Å²) in [4.78, 5) is 15.7. The van der Waals surface area contributed by atoms with Crippen molar-refractivity contribution in [1.29, 1.82) is 0 Å². The van der Waals surface area contributed by atoms with Gasteiger partial charge in [0.2, 0.25) is 0 Å².